The van der Waals surface area contributed by atoms with E-state index in [0.29, 0.717) is 5.90 Å². The van der Waals surface area contributed by atoms with E-state index in [1.807, 2.05) is 42.1 Å². The number of nitrogens with zero attached hydrogens (tertiary/aromatic N) is 1. The number of hydrogen-bond acceptors (Lipinski definition) is 5. The number of benzene rings is 1. The Balaban J connectivity index is 1.84. The van der Waals surface area contributed by atoms with Crippen LogP contribution in [0.2, 0.25) is 0 Å². The average molecular weight is 360 g/mol. The number of ether oxygens (including phenoxy) is 1. The first-order valence-electron chi connectivity index (χ1n) is 9.22. The number of aliphatic imine (C=N–C) groups is 1. The predicted molar refractivity (Wildman–Crippen MR) is 107 cm³/mol. The molecule has 2 aliphatic rings. The van der Waals surface area contributed by atoms with Gasteiger partial charge in [-0.25, -0.2) is 4.99 Å². The third-order valence-electron chi connectivity index (χ3n) is 5.22. The van der Waals surface area contributed by atoms with Gasteiger partial charge in [-0.15, -0.1) is 0 Å². The number of nitrogens with two attached hydrogens (primary N) is 2. The lowest BCUT2D eigenvalue weighted by molar-refractivity contribution is 0.351. The molecule has 2 atom stereocenters. The fourth-order valence-electron chi connectivity index (χ4n) is 3.79. The van der Waals surface area contributed by atoms with Gasteiger partial charge in [0.15, 0.2) is 0 Å². The van der Waals surface area contributed by atoms with Gasteiger partial charge >= 0.3 is 0 Å². The molecule has 0 bridgehead atoms. The van der Waals surface area contributed by atoms with E-state index in [4.69, 9.17) is 21.2 Å². The smallest absolute Gasteiger partial charge is 0.214 e. The highest BCUT2D eigenvalue weighted by molar-refractivity contribution is 7.98. The Hall–Kier alpha value is -1.30. The van der Waals surface area contributed by atoms with Crippen LogP contribution >= 0.6 is 11.8 Å². The summed E-state index contributed by atoms with van der Waals surface area (Å²) in [5.74, 6) is 2.50. The molecule has 1 aliphatic carbocycles. The first-order chi connectivity index (χ1) is 12.1. The number of para-hydroxylation sites is 1. The number of hydrogen-bond donors (Lipinski definition) is 2. The van der Waals surface area contributed by atoms with E-state index in [1.54, 1.807) is 0 Å². The molecule has 0 fully saturated rings. The lowest BCUT2D eigenvalue weighted by atomic mass is 9.72. The third-order valence-corrected chi connectivity index (χ3v) is 5.92. The minimum Gasteiger partial charge on any atom is -0.441 e. The maximum atomic E-state index is 6.93. The molecule has 1 heterocycles. The molecule has 25 heavy (non-hydrogen) atoms. The Kier molecular flexibility index (Phi) is 6.20. The fraction of sp³-hybridized carbons (Fsp3) is 0.550. The number of rotatable bonds is 6. The van der Waals surface area contributed by atoms with Crippen molar-refractivity contribution in [3.8, 4) is 5.75 Å². The summed E-state index contributed by atoms with van der Waals surface area (Å²) in [6, 6.07) is 9.34. The largest absolute Gasteiger partial charge is 0.441 e. The van der Waals surface area contributed by atoms with Gasteiger partial charge in [-0.2, -0.15) is 11.8 Å². The van der Waals surface area contributed by atoms with E-state index < -0.39 is 5.54 Å². The minimum absolute atomic E-state index is 0.390. The van der Waals surface area contributed by atoms with Crippen molar-refractivity contribution in [2.45, 2.75) is 56.5 Å². The van der Waals surface area contributed by atoms with E-state index in [1.165, 1.54) is 30.6 Å². The fourth-order valence-corrected chi connectivity index (χ4v) is 4.28. The summed E-state index contributed by atoms with van der Waals surface area (Å²) in [6.45, 7) is 0. The molecule has 136 valence electrons. The Bertz CT molecular complexity index is 644. The van der Waals surface area contributed by atoms with Crippen LogP contribution in [0, 0.1) is 0 Å². The molecule has 1 aromatic rings. The van der Waals surface area contributed by atoms with Crippen LogP contribution in [0.5, 0.6) is 5.75 Å². The summed E-state index contributed by atoms with van der Waals surface area (Å²) < 4.78 is 6.05. The van der Waals surface area contributed by atoms with Gasteiger partial charge in [-0.3, -0.25) is 0 Å². The average Bonchev–Trinajstić information content (AvgIpc) is 2.64. The monoisotopic (exact) mass is 359 g/mol. The van der Waals surface area contributed by atoms with E-state index in [2.05, 4.69) is 6.26 Å². The van der Waals surface area contributed by atoms with E-state index in [-0.39, 0.29) is 6.04 Å². The van der Waals surface area contributed by atoms with Gasteiger partial charge in [0.25, 0.3) is 0 Å². The van der Waals surface area contributed by atoms with Crippen LogP contribution in [0.15, 0.2) is 46.6 Å². The molecular weight excluding hydrogens is 330 g/mol. The zero-order valence-electron chi connectivity index (χ0n) is 15.0. The maximum absolute atomic E-state index is 6.93. The molecule has 0 saturated carbocycles. The predicted octanol–water partition coefficient (Wildman–Crippen LogP) is 3.86. The Morgan fingerprint density at radius 2 is 1.96 bits per heavy atom. The van der Waals surface area contributed by atoms with E-state index >= 15 is 0 Å². The summed E-state index contributed by atoms with van der Waals surface area (Å²) in [6.07, 6.45) is 9.63. The molecule has 0 amide bonds. The van der Waals surface area contributed by atoms with Crippen LogP contribution < -0.4 is 16.2 Å². The molecule has 0 spiro atoms. The van der Waals surface area contributed by atoms with Gasteiger partial charge in [0.2, 0.25) is 5.90 Å². The summed E-state index contributed by atoms with van der Waals surface area (Å²) in [5, 5.41) is 0. The second-order valence-electron chi connectivity index (χ2n) is 6.97. The first kappa shape index (κ1) is 18.5. The molecule has 3 rings (SSSR count). The zero-order chi connectivity index (χ0) is 17.7. The highest BCUT2D eigenvalue weighted by Gasteiger charge is 2.44. The number of thioether (sulfide) groups is 1. The van der Waals surface area contributed by atoms with Gasteiger partial charge in [-0.05, 0) is 68.2 Å². The third kappa shape index (κ3) is 4.10. The minimum atomic E-state index is -0.528. The summed E-state index contributed by atoms with van der Waals surface area (Å²) in [7, 11) is 0. The SMILES string of the molecule is CSCCCCC1(N)C2=C(CCCC2)N=C(Oc2ccccc2)C1N. The van der Waals surface area contributed by atoms with Gasteiger partial charge in [0.05, 0.1) is 5.54 Å². The number of allylic oxidation sites excluding steroid dienone is 1. The maximum Gasteiger partial charge on any atom is 0.214 e. The van der Waals surface area contributed by atoms with Gasteiger partial charge < -0.3 is 16.2 Å². The second kappa shape index (κ2) is 8.39. The molecule has 0 radical (unpaired) electrons. The van der Waals surface area contributed by atoms with Crippen LogP contribution in [-0.2, 0) is 0 Å². The van der Waals surface area contributed by atoms with Crippen molar-refractivity contribution < 1.29 is 4.74 Å². The van der Waals surface area contributed by atoms with E-state index in [0.717, 1.165) is 37.1 Å². The van der Waals surface area contributed by atoms with Crippen molar-refractivity contribution in [1.29, 1.82) is 0 Å². The van der Waals surface area contributed by atoms with E-state index in [9.17, 15) is 0 Å². The molecule has 5 heteroatoms. The first-order valence-corrected chi connectivity index (χ1v) is 10.6. The Morgan fingerprint density at radius 1 is 1.20 bits per heavy atom. The lowest BCUT2D eigenvalue weighted by Crippen LogP contribution is -2.63. The van der Waals surface area contributed by atoms with Crippen LogP contribution in [-0.4, -0.2) is 29.5 Å². The zero-order valence-corrected chi connectivity index (χ0v) is 15.9. The molecule has 1 aliphatic heterocycles. The lowest BCUT2D eigenvalue weighted by Gasteiger charge is -2.43. The van der Waals surface area contributed by atoms with Crippen LogP contribution in [0.1, 0.15) is 44.9 Å². The van der Waals surface area contributed by atoms with Crippen LogP contribution in [0.4, 0.5) is 0 Å². The normalized spacial score (nSPS) is 26.2. The van der Waals surface area contributed by atoms with Crippen molar-refractivity contribution in [1.82, 2.24) is 0 Å². The topological polar surface area (TPSA) is 73.6 Å². The van der Waals surface area contributed by atoms with Crippen LogP contribution in [0.25, 0.3) is 0 Å². The molecule has 0 aromatic heterocycles. The molecule has 1 aromatic carbocycles. The number of unbranched alkanes of at least 4 members (excludes halogenated alkanes) is 1. The van der Waals surface area contributed by atoms with Crippen molar-refractivity contribution in [2.24, 2.45) is 16.5 Å². The Labute approximate surface area is 155 Å². The Morgan fingerprint density at radius 3 is 2.72 bits per heavy atom. The molecule has 2 unspecified atom stereocenters. The van der Waals surface area contributed by atoms with Crippen molar-refractivity contribution in [2.75, 3.05) is 12.0 Å². The van der Waals surface area contributed by atoms with Gasteiger partial charge in [-0.1, -0.05) is 24.6 Å². The highest BCUT2D eigenvalue weighted by Crippen LogP contribution is 2.39. The van der Waals surface area contributed by atoms with Gasteiger partial charge in [0.1, 0.15) is 11.8 Å². The molecular formula is C20H29N3OS. The second-order valence-corrected chi connectivity index (χ2v) is 7.95. The quantitative estimate of drug-likeness (QED) is 0.756. The summed E-state index contributed by atoms with van der Waals surface area (Å²) in [4.78, 5) is 4.78. The highest BCUT2D eigenvalue weighted by atomic mass is 32.2. The van der Waals surface area contributed by atoms with Crippen molar-refractivity contribution in [3.05, 3.63) is 41.6 Å². The molecule has 4 N–H and O–H groups in total. The summed E-state index contributed by atoms with van der Waals surface area (Å²) in [5.41, 5.74) is 15.4. The molecule has 0 saturated heterocycles. The van der Waals surface area contributed by atoms with Crippen LogP contribution in [0.3, 0.4) is 0 Å². The standard InChI is InChI=1S/C20H29N3OS/c1-25-14-8-7-13-20(22)16-11-5-6-12-17(16)23-19(18(20)21)24-15-9-3-2-4-10-15/h2-4,9-10,18H,5-8,11-14,21-22H2,1H3. The van der Waals surface area contributed by atoms with Gasteiger partial charge in [0, 0.05) is 5.70 Å². The summed E-state index contributed by atoms with van der Waals surface area (Å²) >= 11 is 1.88. The van der Waals surface area contributed by atoms with Crippen molar-refractivity contribution in [3.63, 3.8) is 0 Å². The van der Waals surface area contributed by atoms with Crippen molar-refractivity contribution >= 4 is 17.7 Å². The molecule has 4 nitrogen and oxygen atoms in total.